The zero-order chi connectivity index (χ0) is 14.3. The highest BCUT2D eigenvalue weighted by atomic mass is 32.2. The highest BCUT2D eigenvalue weighted by molar-refractivity contribution is 7.89. The fourth-order valence-corrected chi connectivity index (χ4v) is 5.22. The second-order valence-corrected chi connectivity index (χ2v) is 8.31. The molecule has 0 amide bonds. The topological polar surface area (TPSA) is 96.3 Å². The molecule has 1 aromatic heterocycles. The molecule has 1 saturated heterocycles. The van der Waals surface area contributed by atoms with Gasteiger partial charge in [-0.15, -0.1) is 0 Å². The summed E-state index contributed by atoms with van der Waals surface area (Å²) in [5, 5.41) is 0.630. The van der Waals surface area contributed by atoms with Gasteiger partial charge in [-0.05, 0) is 18.2 Å². The molecule has 0 bridgehead atoms. The van der Waals surface area contributed by atoms with E-state index >= 15 is 0 Å². The number of nitrogens with two attached hydrogens (primary N) is 1. The van der Waals surface area contributed by atoms with Gasteiger partial charge in [-0.3, -0.25) is 4.21 Å². The number of aromatic amines is 1. The van der Waals surface area contributed by atoms with Crippen molar-refractivity contribution in [3.05, 3.63) is 24.4 Å². The zero-order valence-electron chi connectivity index (χ0n) is 10.7. The molecule has 6 nitrogen and oxygen atoms in total. The third-order valence-electron chi connectivity index (χ3n) is 3.42. The minimum Gasteiger partial charge on any atom is -0.399 e. The number of hydrogen-bond donors (Lipinski definition) is 2. The van der Waals surface area contributed by atoms with Crippen molar-refractivity contribution in [1.82, 2.24) is 9.29 Å². The van der Waals surface area contributed by atoms with E-state index in [1.54, 1.807) is 18.2 Å². The fraction of sp³-hybridized carbons (Fsp3) is 0.333. The Bertz CT molecular complexity index is 772. The highest BCUT2D eigenvalue weighted by Gasteiger charge is 2.30. The molecule has 1 aliphatic rings. The van der Waals surface area contributed by atoms with Crippen LogP contribution in [0.2, 0.25) is 0 Å². The molecule has 3 rings (SSSR count). The Morgan fingerprint density at radius 3 is 2.65 bits per heavy atom. The van der Waals surface area contributed by atoms with Crippen LogP contribution in [0.5, 0.6) is 0 Å². The van der Waals surface area contributed by atoms with Crippen molar-refractivity contribution in [3.63, 3.8) is 0 Å². The minimum atomic E-state index is -3.55. The maximum atomic E-state index is 12.6. The van der Waals surface area contributed by atoms with Crippen LogP contribution in [0.15, 0.2) is 29.3 Å². The summed E-state index contributed by atoms with van der Waals surface area (Å²) in [6.07, 6.45) is 1.49. The third kappa shape index (κ3) is 2.23. The Kier molecular flexibility index (Phi) is 3.31. The number of nitrogens with zero attached hydrogens (tertiary/aromatic N) is 1. The first-order valence-electron chi connectivity index (χ1n) is 6.20. The second-order valence-electron chi connectivity index (χ2n) is 4.71. The Morgan fingerprint density at radius 2 is 1.95 bits per heavy atom. The Hall–Kier alpha value is -1.38. The average Bonchev–Trinajstić information content (AvgIpc) is 2.82. The first-order valence-corrected chi connectivity index (χ1v) is 9.13. The van der Waals surface area contributed by atoms with Gasteiger partial charge < -0.3 is 10.7 Å². The van der Waals surface area contributed by atoms with Crippen LogP contribution in [0.3, 0.4) is 0 Å². The first-order chi connectivity index (χ1) is 9.48. The number of hydrogen-bond acceptors (Lipinski definition) is 4. The fourth-order valence-electron chi connectivity index (χ4n) is 2.33. The normalized spacial score (nSPS) is 18.6. The van der Waals surface area contributed by atoms with Gasteiger partial charge in [-0.1, -0.05) is 0 Å². The molecule has 0 spiro atoms. The molecule has 2 aromatic rings. The molecule has 108 valence electrons. The molecule has 0 unspecified atom stereocenters. The summed E-state index contributed by atoms with van der Waals surface area (Å²) in [5.74, 6) is 0.795. The van der Waals surface area contributed by atoms with Gasteiger partial charge in [0.15, 0.2) is 0 Å². The van der Waals surface area contributed by atoms with Crippen LogP contribution in [-0.4, -0.2) is 46.5 Å². The van der Waals surface area contributed by atoms with Crippen LogP contribution >= 0.6 is 0 Å². The Labute approximate surface area is 119 Å². The van der Waals surface area contributed by atoms with E-state index in [2.05, 4.69) is 4.98 Å². The molecule has 1 aliphatic heterocycles. The smallest absolute Gasteiger partial charge is 0.245 e. The third-order valence-corrected chi connectivity index (χ3v) is 6.64. The highest BCUT2D eigenvalue weighted by Crippen LogP contribution is 2.27. The lowest BCUT2D eigenvalue weighted by molar-refractivity contribution is 0.439. The van der Waals surface area contributed by atoms with Crippen LogP contribution in [0.1, 0.15) is 0 Å². The lowest BCUT2D eigenvalue weighted by Gasteiger charge is -2.25. The van der Waals surface area contributed by atoms with Gasteiger partial charge in [0, 0.05) is 58.2 Å². The van der Waals surface area contributed by atoms with E-state index in [1.165, 1.54) is 10.5 Å². The molecule has 0 atom stereocenters. The molecule has 2 heterocycles. The van der Waals surface area contributed by atoms with Crippen LogP contribution < -0.4 is 5.73 Å². The van der Waals surface area contributed by atoms with E-state index in [1.807, 2.05) is 0 Å². The first kappa shape index (κ1) is 13.6. The second kappa shape index (κ2) is 4.87. The van der Waals surface area contributed by atoms with Crippen LogP contribution in [0, 0.1) is 0 Å². The summed E-state index contributed by atoms with van der Waals surface area (Å²) >= 11 is 0. The van der Waals surface area contributed by atoms with Gasteiger partial charge in [-0.25, -0.2) is 8.42 Å². The quantitative estimate of drug-likeness (QED) is 0.789. The van der Waals surface area contributed by atoms with E-state index in [0.717, 1.165) is 0 Å². The lowest BCUT2D eigenvalue weighted by atomic mass is 10.2. The molecule has 0 aliphatic carbocycles. The summed E-state index contributed by atoms with van der Waals surface area (Å²) in [6, 6.07) is 5.09. The Morgan fingerprint density at radius 1 is 1.25 bits per heavy atom. The molecule has 3 N–H and O–H groups in total. The van der Waals surface area contributed by atoms with Gasteiger partial charge in [0.25, 0.3) is 0 Å². The molecule has 1 fully saturated rings. The summed E-state index contributed by atoms with van der Waals surface area (Å²) in [7, 11) is -4.46. The van der Waals surface area contributed by atoms with Crippen molar-refractivity contribution in [2.24, 2.45) is 0 Å². The van der Waals surface area contributed by atoms with Crippen molar-refractivity contribution < 1.29 is 12.6 Å². The van der Waals surface area contributed by atoms with Gasteiger partial charge >= 0.3 is 0 Å². The van der Waals surface area contributed by atoms with Crippen LogP contribution in [0.25, 0.3) is 10.9 Å². The van der Waals surface area contributed by atoms with Crippen LogP contribution in [0.4, 0.5) is 5.69 Å². The van der Waals surface area contributed by atoms with Gasteiger partial charge in [0.1, 0.15) is 4.90 Å². The Balaban J connectivity index is 2.03. The predicted molar refractivity (Wildman–Crippen MR) is 79.3 cm³/mol. The molecule has 8 heteroatoms. The standard InChI is InChI=1S/C12H15N3O3S2/c13-9-1-2-10-11(7-9)14-8-12(10)20(17,18)15-3-5-19(16)6-4-15/h1-2,7-8,14H,3-6,13H2. The number of benzene rings is 1. The molecule has 0 saturated carbocycles. The number of rotatable bonds is 2. The summed E-state index contributed by atoms with van der Waals surface area (Å²) < 4.78 is 38.0. The van der Waals surface area contributed by atoms with Crippen molar-refractivity contribution in [1.29, 1.82) is 0 Å². The summed E-state index contributed by atoms with van der Waals surface area (Å²) in [6.45, 7) is 0.604. The summed E-state index contributed by atoms with van der Waals surface area (Å²) in [4.78, 5) is 3.19. The largest absolute Gasteiger partial charge is 0.399 e. The van der Waals surface area contributed by atoms with Crippen molar-refractivity contribution in [2.75, 3.05) is 30.3 Å². The predicted octanol–water partition coefficient (Wildman–Crippen LogP) is 0.503. The van der Waals surface area contributed by atoms with Crippen molar-refractivity contribution in [2.45, 2.75) is 4.90 Å². The van der Waals surface area contributed by atoms with Crippen molar-refractivity contribution in [3.8, 4) is 0 Å². The number of sulfonamides is 1. The molecular formula is C12H15N3O3S2. The van der Waals surface area contributed by atoms with Crippen LogP contribution in [-0.2, 0) is 20.8 Å². The van der Waals surface area contributed by atoms with E-state index in [9.17, 15) is 12.6 Å². The minimum absolute atomic E-state index is 0.250. The maximum Gasteiger partial charge on any atom is 0.245 e. The number of anilines is 1. The lowest BCUT2D eigenvalue weighted by Crippen LogP contribution is -2.41. The van der Waals surface area contributed by atoms with E-state index in [-0.39, 0.29) is 4.90 Å². The van der Waals surface area contributed by atoms with Gasteiger partial charge in [0.2, 0.25) is 10.0 Å². The molecule has 0 radical (unpaired) electrons. The monoisotopic (exact) mass is 313 g/mol. The van der Waals surface area contributed by atoms with E-state index < -0.39 is 20.8 Å². The molecular weight excluding hydrogens is 298 g/mol. The maximum absolute atomic E-state index is 12.6. The molecule has 20 heavy (non-hydrogen) atoms. The zero-order valence-corrected chi connectivity index (χ0v) is 12.3. The number of fused-ring (bicyclic) bond motifs is 1. The SMILES string of the molecule is Nc1ccc2c(S(=O)(=O)N3CCS(=O)CC3)c[nH]c2c1. The van der Waals surface area contributed by atoms with E-state index in [4.69, 9.17) is 5.73 Å². The van der Waals surface area contributed by atoms with Gasteiger partial charge in [0.05, 0.1) is 0 Å². The number of nitrogen functional groups attached to an aromatic ring is 1. The molecule has 1 aromatic carbocycles. The number of aromatic nitrogens is 1. The number of H-pyrrole nitrogens is 1. The number of nitrogens with one attached hydrogen (secondary N) is 1. The van der Waals surface area contributed by atoms with E-state index in [0.29, 0.717) is 41.2 Å². The van der Waals surface area contributed by atoms with Gasteiger partial charge in [-0.2, -0.15) is 4.31 Å². The summed E-state index contributed by atoms with van der Waals surface area (Å²) in [5.41, 5.74) is 6.97. The average molecular weight is 313 g/mol. The van der Waals surface area contributed by atoms with Crippen molar-refractivity contribution >= 4 is 37.4 Å².